The van der Waals surface area contributed by atoms with Crippen molar-refractivity contribution in [2.45, 2.75) is 18.9 Å². The van der Waals surface area contributed by atoms with E-state index in [1.165, 1.54) is 9.80 Å². The Kier molecular flexibility index (Phi) is 4.57. The smallest absolute Gasteiger partial charge is 0.326 e. The summed E-state index contributed by atoms with van der Waals surface area (Å²) in [7, 11) is 1.54. The molecule has 1 atom stereocenters. The van der Waals surface area contributed by atoms with E-state index in [4.69, 9.17) is 5.11 Å². The summed E-state index contributed by atoms with van der Waals surface area (Å²) in [6.07, 6.45) is 1.15. The van der Waals surface area contributed by atoms with Crippen LogP contribution in [0.1, 0.15) is 23.2 Å². The SMILES string of the molecule is CN(CC(=O)N1CCC[C@H]1C(=O)O)C(=O)c1ccccc1. The van der Waals surface area contributed by atoms with Crippen molar-refractivity contribution in [3.63, 3.8) is 0 Å². The van der Waals surface area contributed by atoms with Gasteiger partial charge in [-0.1, -0.05) is 18.2 Å². The molecule has 2 amide bonds. The van der Waals surface area contributed by atoms with Gasteiger partial charge in [0, 0.05) is 19.2 Å². The summed E-state index contributed by atoms with van der Waals surface area (Å²) >= 11 is 0. The van der Waals surface area contributed by atoms with Gasteiger partial charge in [0.2, 0.25) is 5.91 Å². The number of carbonyl (C=O) groups is 3. The maximum absolute atomic E-state index is 12.2. The van der Waals surface area contributed by atoms with Gasteiger partial charge in [-0.3, -0.25) is 9.59 Å². The number of carboxylic acids is 1. The highest BCUT2D eigenvalue weighted by Crippen LogP contribution is 2.17. The summed E-state index contributed by atoms with van der Waals surface area (Å²) in [5.41, 5.74) is 0.504. The van der Waals surface area contributed by atoms with Crippen LogP contribution in [0.25, 0.3) is 0 Å². The lowest BCUT2D eigenvalue weighted by Crippen LogP contribution is -2.45. The van der Waals surface area contributed by atoms with Gasteiger partial charge in [0.05, 0.1) is 6.54 Å². The molecule has 1 fully saturated rings. The minimum absolute atomic E-state index is 0.114. The Bertz CT molecular complexity index is 544. The minimum Gasteiger partial charge on any atom is -0.480 e. The van der Waals surface area contributed by atoms with Crippen LogP contribution in [-0.4, -0.2) is 58.9 Å². The predicted octanol–water partition coefficient (Wildman–Crippen LogP) is 0.834. The number of carbonyl (C=O) groups excluding carboxylic acids is 2. The van der Waals surface area contributed by atoms with E-state index >= 15 is 0 Å². The van der Waals surface area contributed by atoms with Crippen molar-refractivity contribution in [1.29, 1.82) is 0 Å². The van der Waals surface area contributed by atoms with Gasteiger partial charge in [-0.25, -0.2) is 4.79 Å². The van der Waals surface area contributed by atoms with Gasteiger partial charge >= 0.3 is 5.97 Å². The molecule has 2 rings (SSSR count). The second-order valence-electron chi connectivity index (χ2n) is 5.11. The molecule has 1 aliphatic rings. The number of rotatable bonds is 4. The fourth-order valence-corrected chi connectivity index (χ4v) is 2.49. The minimum atomic E-state index is -0.988. The number of carboxylic acid groups (broad SMARTS) is 1. The predicted molar refractivity (Wildman–Crippen MR) is 75.8 cm³/mol. The molecule has 1 aromatic carbocycles. The largest absolute Gasteiger partial charge is 0.480 e. The third-order valence-corrected chi connectivity index (χ3v) is 3.60. The molecule has 0 aliphatic carbocycles. The molecule has 1 N–H and O–H groups in total. The monoisotopic (exact) mass is 290 g/mol. The summed E-state index contributed by atoms with van der Waals surface area (Å²) < 4.78 is 0. The van der Waals surface area contributed by atoms with Gasteiger partial charge in [-0.05, 0) is 25.0 Å². The number of amides is 2. The third-order valence-electron chi connectivity index (χ3n) is 3.60. The molecule has 0 unspecified atom stereocenters. The highest BCUT2D eigenvalue weighted by molar-refractivity contribution is 5.96. The number of likely N-dealkylation sites (N-methyl/N-ethyl adjacent to an activating group) is 1. The molecule has 1 saturated heterocycles. The molecular weight excluding hydrogens is 272 g/mol. The fourth-order valence-electron chi connectivity index (χ4n) is 2.49. The highest BCUT2D eigenvalue weighted by atomic mass is 16.4. The zero-order chi connectivity index (χ0) is 15.4. The second-order valence-corrected chi connectivity index (χ2v) is 5.11. The van der Waals surface area contributed by atoms with E-state index in [-0.39, 0.29) is 18.4 Å². The molecule has 112 valence electrons. The maximum atomic E-state index is 12.2. The summed E-state index contributed by atoms with van der Waals surface area (Å²) in [5.74, 6) is -1.57. The van der Waals surface area contributed by atoms with Crippen molar-refractivity contribution in [3.8, 4) is 0 Å². The van der Waals surface area contributed by atoms with Gasteiger partial charge in [-0.15, -0.1) is 0 Å². The molecule has 21 heavy (non-hydrogen) atoms. The van der Waals surface area contributed by atoms with Crippen molar-refractivity contribution in [2.24, 2.45) is 0 Å². The van der Waals surface area contributed by atoms with Crippen molar-refractivity contribution in [1.82, 2.24) is 9.80 Å². The number of hydrogen-bond donors (Lipinski definition) is 1. The topological polar surface area (TPSA) is 77.9 Å². The normalized spacial score (nSPS) is 17.6. The van der Waals surface area contributed by atoms with Crippen LogP contribution in [0.3, 0.4) is 0 Å². The van der Waals surface area contributed by atoms with E-state index in [9.17, 15) is 14.4 Å². The Morgan fingerprint density at radius 1 is 1.29 bits per heavy atom. The molecule has 0 aromatic heterocycles. The van der Waals surface area contributed by atoms with E-state index < -0.39 is 12.0 Å². The van der Waals surface area contributed by atoms with Crippen LogP contribution in [0, 0.1) is 0 Å². The number of aliphatic carboxylic acids is 1. The lowest BCUT2D eigenvalue weighted by molar-refractivity contribution is -0.148. The van der Waals surface area contributed by atoms with Gasteiger partial charge in [0.1, 0.15) is 6.04 Å². The van der Waals surface area contributed by atoms with Crippen molar-refractivity contribution in [2.75, 3.05) is 20.1 Å². The zero-order valence-corrected chi connectivity index (χ0v) is 11.9. The quantitative estimate of drug-likeness (QED) is 0.891. The number of likely N-dealkylation sites (tertiary alicyclic amines) is 1. The zero-order valence-electron chi connectivity index (χ0n) is 11.9. The highest BCUT2D eigenvalue weighted by Gasteiger charge is 2.34. The summed E-state index contributed by atoms with van der Waals surface area (Å²) in [6.45, 7) is 0.320. The lowest BCUT2D eigenvalue weighted by atomic mass is 10.2. The molecule has 1 aliphatic heterocycles. The average molecular weight is 290 g/mol. The van der Waals surface area contributed by atoms with Gasteiger partial charge in [0.25, 0.3) is 5.91 Å². The first-order chi connectivity index (χ1) is 10.0. The molecule has 6 heteroatoms. The summed E-state index contributed by atoms with van der Waals surface area (Å²) in [4.78, 5) is 38.1. The fraction of sp³-hybridized carbons (Fsp3) is 0.400. The molecule has 0 bridgehead atoms. The van der Waals surface area contributed by atoms with E-state index in [2.05, 4.69) is 0 Å². The standard InChI is InChI=1S/C15H18N2O4/c1-16(14(19)11-6-3-2-4-7-11)10-13(18)17-9-5-8-12(17)15(20)21/h2-4,6-7,12H,5,8-10H2,1H3,(H,20,21)/t12-/m0/s1. The van der Waals surface area contributed by atoms with E-state index in [1.54, 1.807) is 31.3 Å². The number of benzene rings is 1. The molecule has 1 aromatic rings. The number of hydrogen-bond acceptors (Lipinski definition) is 3. The summed E-state index contributed by atoms with van der Waals surface area (Å²) in [5, 5.41) is 9.08. The van der Waals surface area contributed by atoms with Crippen molar-refractivity contribution in [3.05, 3.63) is 35.9 Å². The van der Waals surface area contributed by atoms with Crippen LogP contribution in [0.5, 0.6) is 0 Å². The van der Waals surface area contributed by atoms with E-state index in [0.717, 1.165) is 0 Å². The molecule has 0 radical (unpaired) electrons. The van der Waals surface area contributed by atoms with Crippen LogP contribution >= 0.6 is 0 Å². The summed E-state index contributed by atoms with van der Waals surface area (Å²) in [6, 6.07) is 7.91. The first-order valence-corrected chi connectivity index (χ1v) is 6.83. The molecule has 1 heterocycles. The van der Waals surface area contributed by atoms with Crippen LogP contribution in [0.2, 0.25) is 0 Å². The number of nitrogens with zero attached hydrogens (tertiary/aromatic N) is 2. The molecular formula is C15H18N2O4. The average Bonchev–Trinajstić information content (AvgIpc) is 2.97. The van der Waals surface area contributed by atoms with Crippen LogP contribution in [0.15, 0.2) is 30.3 Å². The Balaban J connectivity index is 1.99. The van der Waals surface area contributed by atoms with Crippen molar-refractivity contribution >= 4 is 17.8 Å². The van der Waals surface area contributed by atoms with Crippen LogP contribution in [0.4, 0.5) is 0 Å². The second kappa shape index (κ2) is 6.39. The first kappa shape index (κ1) is 15.0. The Labute approximate surface area is 123 Å². The Morgan fingerprint density at radius 2 is 1.95 bits per heavy atom. The third kappa shape index (κ3) is 3.39. The van der Waals surface area contributed by atoms with Gasteiger partial charge in [0.15, 0.2) is 0 Å². The van der Waals surface area contributed by atoms with E-state index in [0.29, 0.717) is 24.9 Å². The van der Waals surface area contributed by atoms with Crippen molar-refractivity contribution < 1.29 is 19.5 Å². The van der Waals surface area contributed by atoms with Crippen LogP contribution in [-0.2, 0) is 9.59 Å². The molecule has 6 nitrogen and oxygen atoms in total. The maximum Gasteiger partial charge on any atom is 0.326 e. The first-order valence-electron chi connectivity index (χ1n) is 6.83. The van der Waals surface area contributed by atoms with E-state index in [1.807, 2.05) is 6.07 Å². The molecule has 0 saturated carbocycles. The molecule has 0 spiro atoms. The Morgan fingerprint density at radius 3 is 2.57 bits per heavy atom. The Hall–Kier alpha value is -2.37. The van der Waals surface area contributed by atoms with Gasteiger partial charge in [-0.2, -0.15) is 0 Å². The van der Waals surface area contributed by atoms with Gasteiger partial charge < -0.3 is 14.9 Å². The van der Waals surface area contributed by atoms with Crippen LogP contribution < -0.4 is 0 Å². The lowest BCUT2D eigenvalue weighted by Gasteiger charge is -2.24.